The molecule has 0 saturated carbocycles. The van der Waals surface area contributed by atoms with Gasteiger partial charge in [0.1, 0.15) is 0 Å². The molecule has 1 fully saturated rings. The molecule has 1 aliphatic rings. The summed E-state index contributed by atoms with van der Waals surface area (Å²) in [5.74, 6) is 0. The van der Waals surface area contributed by atoms with Crippen molar-refractivity contribution < 1.29 is 0 Å². The van der Waals surface area contributed by atoms with Crippen molar-refractivity contribution in [2.24, 2.45) is 12.8 Å². The summed E-state index contributed by atoms with van der Waals surface area (Å²) in [5, 5.41) is 0.541. The number of benzene rings is 1. The minimum Gasteiger partial charge on any atom is -0.371 e. The van der Waals surface area contributed by atoms with E-state index in [9.17, 15) is 9.59 Å². The van der Waals surface area contributed by atoms with E-state index in [0.29, 0.717) is 10.9 Å². The summed E-state index contributed by atoms with van der Waals surface area (Å²) in [5.41, 5.74) is 6.84. The highest BCUT2D eigenvalue weighted by Gasteiger charge is 2.17. The number of aromatic amines is 1. The van der Waals surface area contributed by atoms with E-state index in [-0.39, 0.29) is 17.3 Å². The molecule has 1 aliphatic heterocycles. The largest absolute Gasteiger partial charge is 0.371 e. The summed E-state index contributed by atoms with van der Waals surface area (Å²) in [7, 11) is 1.48. The maximum absolute atomic E-state index is 12.1. The van der Waals surface area contributed by atoms with Gasteiger partial charge in [-0.25, -0.2) is 4.79 Å². The second-order valence-electron chi connectivity index (χ2n) is 5.35. The highest BCUT2D eigenvalue weighted by Crippen LogP contribution is 2.21. The first-order chi connectivity index (χ1) is 9.56. The number of fused-ring (bicyclic) bond motifs is 1. The van der Waals surface area contributed by atoms with Gasteiger partial charge in [0.2, 0.25) is 0 Å². The number of aromatic nitrogens is 2. The zero-order chi connectivity index (χ0) is 14.3. The van der Waals surface area contributed by atoms with Crippen LogP contribution in [-0.4, -0.2) is 28.7 Å². The average Bonchev–Trinajstić information content (AvgIpc) is 2.46. The Kier molecular flexibility index (Phi) is 3.10. The Bertz CT molecular complexity index is 754. The van der Waals surface area contributed by atoms with E-state index in [0.717, 1.165) is 36.2 Å². The van der Waals surface area contributed by atoms with Gasteiger partial charge in [0.25, 0.3) is 5.56 Å². The van der Waals surface area contributed by atoms with Crippen molar-refractivity contribution in [2.45, 2.75) is 18.9 Å². The fourth-order valence-electron chi connectivity index (χ4n) is 2.64. The zero-order valence-corrected chi connectivity index (χ0v) is 11.4. The van der Waals surface area contributed by atoms with Crippen LogP contribution >= 0.6 is 0 Å². The first-order valence-electron chi connectivity index (χ1n) is 6.80. The summed E-state index contributed by atoms with van der Waals surface area (Å²) in [6.45, 7) is 1.80. The molecule has 0 aliphatic carbocycles. The molecule has 1 aromatic heterocycles. The van der Waals surface area contributed by atoms with Gasteiger partial charge in [0, 0.05) is 31.9 Å². The van der Waals surface area contributed by atoms with Crippen molar-refractivity contribution in [3.8, 4) is 0 Å². The Hall–Kier alpha value is -2.08. The third-order valence-electron chi connectivity index (χ3n) is 3.99. The minimum atomic E-state index is -0.390. The van der Waals surface area contributed by atoms with Crippen LogP contribution in [0.4, 0.5) is 5.69 Å². The second kappa shape index (κ2) is 4.79. The molecule has 1 aromatic carbocycles. The molecule has 0 atom stereocenters. The van der Waals surface area contributed by atoms with Gasteiger partial charge in [-0.2, -0.15) is 0 Å². The molecule has 0 spiro atoms. The van der Waals surface area contributed by atoms with Crippen molar-refractivity contribution in [1.29, 1.82) is 0 Å². The number of nitrogens with zero attached hydrogens (tertiary/aromatic N) is 2. The Morgan fingerprint density at radius 1 is 1.25 bits per heavy atom. The summed E-state index contributed by atoms with van der Waals surface area (Å²) in [6.07, 6.45) is 1.92. The first-order valence-corrected chi connectivity index (χ1v) is 6.80. The molecular weight excluding hydrogens is 256 g/mol. The van der Waals surface area contributed by atoms with Crippen LogP contribution in [0.2, 0.25) is 0 Å². The van der Waals surface area contributed by atoms with Crippen LogP contribution in [0.15, 0.2) is 27.8 Å². The Morgan fingerprint density at radius 2 is 1.95 bits per heavy atom. The summed E-state index contributed by atoms with van der Waals surface area (Å²) in [4.78, 5) is 28.6. The van der Waals surface area contributed by atoms with Gasteiger partial charge in [-0.15, -0.1) is 0 Å². The Morgan fingerprint density at radius 3 is 2.65 bits per heavy atom. The molecule has 3 N–H and O–H groups in total. The smallest absolute Gasteiger partial charge is 0.328 e. The lowest BCUT2D eigenvalue weighted by atomic mass is 10.1. The number of piperidine rings is 1. The molecular formula is C14H18N4O2. The maximum Gasteiger partial charge on any atom is 0.328 e. The van der Waals surface area contributed by atoms with Gasteiger partial charge >= 0.3 is 5.69 Å². The first kappa shape index (κ1) is 12.9. The maximum atomic E-state index is 12.1. The summed E-state index contributed by atoms with van der Waals surface area (Å²) in [6, 6.07) is 5.86. The standard InChI is InChI=1S/C14H18N4O2/c1-17-13(19)11-8-10(2-3-12(11)16-14(17)20)18-6-4-9(15)5-7-18/h2-3,8-9H,4-7,15H2,1H3,(H,16,20). The van der Waals surface area contributed by atoms with Crippen LogP contribution in [0.25, 0.3) is 10.9 Å². The van der Waals surface area contributed by atoms with Crippen molar-refractivity contribution in [3.05, 3.63) is 39.0 Å². The predicted molar refractivity (Wildman–Crippen MR) is 79.2 cm³/mol. The van der Waals surface area contributed by atoms with Crippen molar-refractivity contribution in [1.82, 2.24) is 9.55 Å². The van der Waals surface area contributed by atoms with E-state index in [4.69, 9.17) is 5.73 Å². The number of hydrogen-bond acceptors (Lipinski definition) is 4. The molecule has 3 rings (SSSR count). The monoisotopic (exact) mass is 274 g/mol. The Balaban J connectivity index is 2.07. The minimum absolute atomic E-state index is 0.265. The van der Waals surface area contributed by atoms with Crippen LogP contribution in [-0.2, 0) is 7.05 Å². The van der Waals surface area contributed by atoms with Crippen molar-refractivity contribution in [3.63, 3.8) is 0 Å². The number of nitrogens with one attached hydrogen (secondary N) is 1. The SMILES string of the molecule is Cn1c(=O)[nH]c2ccc(N3CCC(N)CC3)cc2c1=O. The van der Waals surface area contributed by atoms with E-state index in [1.807, 2.05) is 12.1 Å². The van der Waals surface area contributed by atoms with E-state index < -0.39 is 0 Å². The number of nitrogens with two attached hydrogens (primary N) is 1. The molecule has 0 bridgehead atoms. The number of H-pyrrole nitrogens is 1. The molecule has 2 heterocycles. The third-order valence-corrected chi connectivity index (χ3v) is 3.99. The van der Waals surface area contributed by atoms with E-state index in [1.165, 1.54) is 7.05 Å². The summed E-state index contributed by atoms with van der Waals surface area (Å²) >= 11 is 0. The average molecular weight is 274 g/mol. The number of hydrogen-bond donors (Lipinski definition) is 2. The van der Waals surface area contributed by atoms with Gasteiger partial charge in [-0.1, -0.05) is 0 Å². The van der Waals surface area contributed by atoms with Gasteiger partial charge in [0.15, 0.2) is 0 Å². The van der Waals surface area contributed by atoms with Gasteiger partial charge in [-0.05, 0) is 31.0 Å². The second-order valence-corrected chi connectivity index (χ2v) is 5.35. The third kappa shape index (κ3) is 2.12. The van der Waals surface area contributed by atoms with Gasteiger partial charge < -0.3 is 15.6 Å². The van der Waals surface area contributed by atoms with Crippen molar-refractivity contribution >= 4 is 16.6 Å². The normalized spacial score (nSPS) is 16.8. The van der Waals surface area contributed by atoms with Crippen LogP contribution in [0.1, 0.15) is 12.8 Å². The lowest BCUT2D eigenvalue weighted by Gasteiger charge is -2.32. The molecule has 2 aromatic rings. The molecule has 106 valence electrons. The lowest BCUT2D eigenvalue weighted by Crippen LogP contribution is -2.39. The van der Waals surface area contributed by atoms with Crippen LogP contribution in [0, 0.1) is 0 Å². The fraction of sp³-hybridized carbons (Fsp3) is 0.429. The zero-order valence-electron chi connectivity index (χ0n) is 11.4. The van der Waals surface area contributed by atoms with Crippen molar-refractivity contribution in [2.75, 3.05) is 18.0 Å². The predicted octanol–water partition coefficient (Wildman–Crippen LogP) is 0.154. The van der Waals surface area contributed by atoms with E-state index in [1.54, 1.807) is 6.07 Å². The Labute approximate surface area is 115 Å². The molecule has 0 radical (unpaired) electrons. The van der Waals surface area contributed by atoms with Crippen LogP contribution in [0.5, 0.6) is 0 Å². The topological polar surface area (TPSA) is 84.1 Å². The van der Waals surface area contributed by atoms with Gasteiger partial charge in [-0.3, -0.25) is 9.36 Å². The van der Waals surface area contributed by atoms with E-state index in [2.05, 4.69) is 9.88 Å². The fourth-order valence-corrected chi connectivity index (χ4v) is 2.64. The molecule has 0 unspecified atom stereocenters. The van der Waals surface area contributed by atoms with Gasteiger partial charge in [0.05, 0.1) is 10.9 Å². The molecule has 1 saturated heterocycles. The number of anilines is 1. The molecule has 6 heteroatoms. The van der Waals surface area contributed by atoms with Crippen LogP contribution < -0.4 is 21.9 Å². The molecule has 0 amide bonds. The molecule has 6 nitrogen and oxygen atoms in total. The molecule has 20 heavy (non-hydrogen) atoms. The highest BCUT2D eigenvalue weighted by molar-refractivity contribution is 5.81. The number of rotatable bonds is 1. The van der Waals surface area contributed by atoms with Crippen LogP contribution in [0.3, 0.4) is 0 Å². The quantitative estimate of drug-likeness (QED) is 0.775. The highest BCUT2D eigenvalue weighted by atomic mass is 16.2. The lowest BCUT2D eigenvalue weighted by molar-refractivity contribution is 0.501. The summed E-state index contributed by atoms with van der Waals surface area (Å²) < 4.78 is 1.10. The van der Waals surface area contributed by atoms with E-state index >= 15 is 0 Å².